The highest BCUT2D eigenvalue weighted by Crippen LogP contribution is 2.45. The minimum absolute atomic E-state index is 0. The van der Waals surface area contributed by atoms with E-state index in [0.717, 1.165) is 35.1 Å². The maximum atomic E-state index is 9.22. The predicted molar refractivity (Wildman–Crippen MR) is 138 cm³/mol. The van der Waals surface area contributed by atoms with Crippen molar-refractivity contribution in [2.24, 2.45) is 5.92 Å². The number of anilines is 2. The van der Waals surface area contributed by atoms with E-state index in [9.17, 15) is 9.11 Å². The number of fused-ring (bicyclic) bond motifs is 1. The van der Waals surface area contributed by atoms with Gasteiger partial charge >= 0.3 is 0 Å². The van der Waals surface area contributed by atoms with E-state index in [1.165, 1.54) is 50.5 Å². The number of hydrogen-bond donors (Lipinski definition) is 4. The van der Waals surface area contributed by atoms with E-state index in [-0.39, 0.29) is 2.85 Å². The number of benzene rings is 1. The molecule has 0 spiro atoms. The topological polar surface area (TPSA) is 93.5 Å². The average molecular weight is 468 g/mol. The molecule has 0 radical (unpaired) electrons. The van der Waals surface area contributed by atoms with Gasteiger partial charge in [-0.15, -0.1) is 22.1 Å². The van der Waals surface area contributed by atoms with Gasteiger partial charge in [-0.3, -0.25) is 9.11 Å². The van der Waals surface area contributed by atoms with Crippen molar-refractivity contribution >= 4 is 44.8 Å². The van der Waals surface area contributed by atoms with Gasteiger partial charge in [0, 0.05) is 35.9 Å². The third-order valence-electron chi connectivity index (χ3n) is 5.34. The number of aromatic nitrogens is 2. The molecular weight excluding hydrogens is 430 g/mol. The first kappa shape index (κ1) is 23.7. The van der Waals surface area contributed by atoms with Crippen molar-refractivity contribution in [3.8, 4) is 0 Å². The summed E-state index contributed by atoms with van der Waals surface area (Å²) in [5, 5.41) is 6.36. The molecule has 0 amide bonds. The average Bonchev–Trinajstić information content (AvgIpc) is 3.34. The minimum atomic E-state index is -2.69. The first-order chi connectivity index (χ1) is 14.9. The molecule has 0 saturated heterocycles. The molecule has 1 aliphatic rings. The summed E-state index contributed by atoms with van der Waals surface area (Å²) in [6.45, 7) is 0.991. The van der Waals surface area contributed by atoms with E-state index in [2.05, 4.69) is 37.0 Å². The van der Waals surface area contributed by atoms with Crippen molar-refractivity contribution in [3.63, 3.8) is 0 Å². The van der Waals surface area contributed by atoms with E-state index in [4.69, 9.17) is 0 Å². The number of para-hydroxylation sites is 1. The summed E-state index contributed by atoms with van der Waals surface area (Å²) in [6, 6.07) is 11.7. The van der Waals surface area contributed by atoms with Crippen LogP contribution in [-0.2, 0) is 0 Å². The summed E-state index contributed by atoms with van der Waals surface area (Å²) >= 11 is 1.33. The van der Waals surface area contributed by atoms with Crippen LogP contribution in [0.1, 0.15) is 35.0 Å². The van der Waals surface area contributed by atoms with Gasteiger partial charge in [-0.25, -0.2) is 9.71 Å². The van der Waals surface area contributed by atoms with Crippen LogP contribution in [0.5, 0.6) is 0 Å². The molecule has 2 aromatic heterocycles. The molecule has 1 saturated carbocycles. The maximum Gasteiger partial charge on any atom is 0.225 e. The van der Waals surface area contributed by atoms with Gasteiger partial charge in [-0.1, -0.05) is 31.4 Å². The van der Waals surface area contributed by atoms with Crippen LogP contribution in [0.3, 0.4) is 0 Å². The van der Waals surface area contributed by atoms with E-state index >= 15 is 0 Å². The first-order valence-electron chi connectivity index (χ1n) is 10.6. The summed E-state index contributed by atoms with van der Waals surface area (Å²) in [5.74, 6) is 2.51. The number of nitrogens with one attached hydrogen (secondary N) is 2. The molecule has 1 aromatic carbocycles. The Labute approximate surface area is 193 Å². The molecule has 7 nitrogen and oxygen atoms in total. The SMILES string of the molecule is CN(C)c1nc(NCC2CCCCC2)nc2ccccc12.CNS(O)(O)c1cccs1.[HH].[HH]. The molecule has 0 atom stereocenters. The Morgan fingerprint density at radius 2 is 1.84 bits per heavy atom. The highest BCUT2D eigenvalue weighted by Gasteiger charge is 2.15. The summed E-state index contributed by atoms with van der Waals surface area (Å²) in [7, 11) is 2.89. The molecule has 1 fully saturated rings. The smallest absolute Gasteiger partial charge is 0.225 e. The summed E-state index contributed by atoms with van der Waals surface area (Å²) in [4.78, 5) is 11.4. The van der Waals surface area contributed by atoms with Gasteiger partial charge in [0.1, 0.15) is 10.0 Å². The van der Waals surface area contributed by atoms with E-state index in [1.54, 1.807) is 17.5 Å². The normalized spacial score (nSPS) is 15.3. The Bertz CT molecular complexity index is 955. The molecule has 2 heterocycles. The van der Waals surface area contributed by atoms with E-state index in [0.29, 0.717) is 4.21 Å². The van der Waals surface area contributed by atoms with Gasteiger partial charge in [-0.05, 0) is 48.4 Å². The number of nitrogens with zero attached hydrogens (tertiary/aromatic N) is 3. The van der Waals surface area contributed by atoms with Crippen molar-refractivity contribution in [1.29, 1.82) is 0 Å². The van der Waals surface area contributed by atoms with Crippen LogP contribution in [0.4, 0.5) is 11.8 Å². The number of hydrogen-bond acceptors (Lipinski definition) is 8. The van der Waals surface area contributed by atoms with Crippen molar-refractivity contribution in [3.05, 3.63) is 41.8 Å². The van der Waals surface area contributed by atoms with Crippen LogP contribution in [0.2, 0.25) is 0 Å². The van der Waals surface area contributed by atoms with E-state index < -0.39 is 10.8 Å². The predicted octanol–water partition coefficient (Wildman–Crippen LogP) is 6.17. The molecule has 0 aliphatic heterocycles. The third kappa shape index (κ3) is 6.54. The Hall–Kier alpha value is -1.91. The minimum Gasteiger partial charge on any atom is -0.362 e. The molecule has 0 bridgehead atoms. The fraction of sp³-hybridized carbons (Fsp3) is 0.455. The number of thiophene rings is 1. The second-order valence-electron chi connectivity index (χ2n) is 7.85. The standard InChI is InChI=1S/C17H24N4.C5H9NO2S2.2H2/c1-21(2)16-14-10-6-7-11-15(14)19-17(20-16)18-12-13-8-4-3-5-9-13;1-6-10(7,8)5-3-2-4-9-5;;/h6-7,10-11,13H,3-5,8-9,12H2,1-2H3,(H,18,19,20);2-4,6-8H,1H3;2*1H. The van der Waals surface area contributed by atoms with E-state index in [1.807, 2.05) is 26.2 Å². The van der Waals surface area contributed by atoms with Gasteiger partial charge in [-0.2, -0.15) is 4.98 Å². The molecule has 31 heavy (non-hydrogen) atoms. The van der Waals surface area contributed by atoms with Gasteiger partial charge < -0.3 is 10.2 Å². The van der Waals surface area contributed by atoms with Crippen molar-refractivity contribution < 1.29 is 12.0 Å². The first-order valence-corrected chi connectivity index (χ1v) is 13.0. The zero-order chi connectivity index (χ0) is 22.3. The van der Waals surface area contributed by atoms with Crippen LogP contribution in [0.25, 0.3) is 10.9 Å². The van der Waals surface area contributed by atoms with Crippen LogP contribution >= 0.6 is 22.1 Å². The number of rotatable bonds is 6. The fourth-order valence-electron chi connectivity index (χ4n) is 3.63. The van der Waals surface area contributed by atoms with Gasteiger partial charge in [0.25, 0.3) is 0 Å². The van der Waals surface area contributed by atoms with Crippen molar-refractivity contribution in [2.45, 2.75) is 36.3 Å². The van der Waals surface area contributed by atoms with Gasteiger partial charge in [0.05, 0.1) is 5.52 Å². The third-order valence-corrected chi connectivity index (χ3v) is 8.25. The molecule has 9 heteroatoms. The maximum absolute atomic E-state index is 9.22. The molecule has 174 valence electrons. The lowest BCUT2D eigenvalue weighted by Gasteiger charge is -2.28. The zero-order valence-electron chi connectivity index (χ0n) is 18.4. The lowest BCUT2D eigenvalue weighted by molar-refractivity contribution is 0.373. The lowest BCUT2D eigenvalue weighted by Crippen LogP contribution is -2.19. The lowest BCUT2D eigenvalue weighted by atomic mass is 9.89. The van der Waals surface area contributed by atoms with Crippen LogP contribution in [0.15, 0.2) is 46.0 Å². The molecular formula is C22H37N5O2S2. The fourth-order valence-corrected chi connectivity index (χ4v) is 5.50. The van der Waals surface area contributed by atoms with Crippen LogP contribution < -0.4 is 14.9 Å². The second-order valence-corrected chi connectivity index (χ2v) is 11.0. The van der Waals surface area contributed by atoms with Crippen LogP contribution in [-0.4, -0.2) is 46.8 Å². The van der Waals surface area contributed by atoms with Crippen molar-refractivity contribution in [2.75, 3.05) is 37.9 Å². The molecule has 4 rings (SSSR count). The quantitative estimate of drug-likeness (QED) is 0.344. The zero-order valence-corrected chi connectivity index (χ0v) is 20.0. The monoisotopic (exact) mass is 467 g/mol. The summed E-state index contributed by atoms with van der Waals surface area (Å²) < 4.78 is 21.5. The molecule has 0 unspecified atom stereocenters. The van der Waals surface area contributed by atoms with Crippen LogP contribution in [0, 0.1) is 5.92 Å². The Morgan fingerprint density at radius 1 is 1.10 bits per heavy atom. The van der Waals surface area contributed by atoms with Gasteiger partial charge in [0.2, 0.25) is 5.95 Å². The Kier molecular flexibility index (Phi) is 8.50. The Balaban J connectivity index is 0.000000388. The van der Waals surface area contributed by atoms with Crippen molar-refractivity contribution in [1.82, 2.24) is 14.7 Å². The Morgan fingerprint density at radius 3 is 2.48 bits per heavy atom. The largest absolute Gasteiger partial charge is 0.362 e. The molecule has 3 aromatic rings. The van der Waals surface area contributed by atoms with Gasteiger partial charge in [0.15, 0.2) is 0 Å². The summed E-state index contributed by atoms with van der Waals surface area (Å²) in [6.07, 6.45) is 6.80. The highest BCUT2D eigenvalue weighted by atomic mass is 32.3. The molecule has 1 aliphatic carbocycles. The highest BCUT2D eigenvalue weighted by molar-refractivity contribution is 8.23. The second kappa shape index (κ2) is 11.1. The summed E-state index contributed by atoms with van der Waals surface area (Å²) in [5.41, 5.74) is 1.00. The molecule has 4 N–H and O–H groups in total.